The molecule has 0 N–H and O–H groups in total. The van der Waals surface area contributed by atoms with Crippen LogP contribution in [0.3, 0.4) is 0 Å². The van der Waals surface area contributed by atoms with Gasteiger partial charge in [0.2, 0.25) is 0 Å². The Morgan fingerprint density at radius 2 is 2.00 bits per heavy atom. The first-order valence-electron chi connectivity index (χ1n) is 7.57. The third kappa shape index (κ3) is 2.68. The first kappa shape index (κ1) is 14.2. The average molecular weight is 327 g/mol. The number of halogens is 1. The van der Waals surface area contributed by atoms with Gasteiger partial charge in [0.1, 0.15) is 0 Å². The molecule has 3 aromatic rings. The van der Waals surface area contributed by atoms with Crippen LogP contribution in [0.2, 0.25) is 5.02 Å². The molecule has 0 saturated heterocycles. The number of aromatic nitrogens is 4. The van der Waals surface area contributed by atoms with Crippen LogP contribution in [-0.2, 0) is 6.54 Å². The summed E-state index contributed by atoms with van der Waals surface area (Å²) < 4.78 is 3.27. The molecule has 1 saturated carbocycles. The van der Waals surface area contributed by atoms with Gasteiger partial charge in [0.25, 0.3) is 0 Å². The molecule has 23 heavy (non-hydrogen) atoms. The quantitative estimate of drug-likeness (QED) is 0.740. The lowest BCUT2D eigenvalue weighted by Crippen LogP contribution is -2.25. The Morgan fingerprint density at radius 3 is 2.70 bits per heavy atom. The van der Waals surface area contributed by atoms with E-state index in [4.69, 9.17) is 11.6 Å². The van der Waals surface area contributed by atoms with E-state index in [0.29, 0.717) is 17.4 Å². The second-order valence-electron chi connectivity index (χ2n) is 5.70. The van der Waals surface area contributed by atoms with Crippen LogP contribution in [0.4, 0.5) is 0 Å². The molecule has 1 fully saturated rings. The highest BCUT2D eigenvalue weighted by atomic mass is 35.5. The Kier molecular flexibility index (Phi) is 3.50. The van der Waals surface area contributed by atoms with E-state index in [1.165, 1.54) is 4.68 Å². The number of hydrogen-bond acceptors (Lipinski definition) is 3. The topological polar surface area (TPSA) is 52.7 Å². The summed E-state index contributed by atoms with van der Waals surface area (Å²) in [5.41, 5.74) is 1.65. The van der Waals surface area contributed by atoms with Gasteiger partial charge in [-0.2, -0.15) is 0 Å². The van der Waals surface area contributed by atoms with Crippen LogP contribution in [0.1, 0.15) is 24.4 Å². The van der Waals surface area contributed by atoms with Gasteiger partial charge in [-0.25, -0.2) is 9.48 Å². The number of nitrogens with zero attached hydrogens (tertiary/aromatic N) is 4. The number of pyridine rings is 1. The second-order valence-corrected chi connectivity index (χ2v) is 6.11. The highest BCUT2D eigenvalue weighted by Gasteiger charge is 2.30. The smallest absolute Gasteiger partial charge is 0.272 e. The molecule has 2 aromatic heterocycles. The second kappa shape index (κ2) is 5.66. The zero-order valence-electron chi connectivity index (χ0n) is 12.4. The molecule has 0 amide bonds. The van der Waals surface area contributed by atoms with Crippen molar-refractivity contribution < 1.29 is 0 Å². The van der Waals surface area contributed by atoms with E-state index in [2.05, 4.69) is 10.1 Å². The van der Waals surface area contributed by atoms with Crippen molar-refractivity contribution in [2.75, 3.05) is 0 Å². The van der Waals surface area contributed by atoms with Crippen molar-refractivity contribution in [3.05, 3.63) is 69.9 Å². The minimum absolute atomic E-state index is 0.0914. The highest BCUT2D eigenvalue weighted by molar-refractivity contribution is 6.31. The van der Waals surface area contributed by atoms with Crippen LogP contribution in [-0.4, -0.2) is 19.3 Å². The summed E-state index contributed by atoms with van der Waals surface area (Å²) in [5.74, 6) is 0.678. The van der Waals surface area contributed by atoms with E-state index < -0.39 is 0 Å². The van der Waals surface area contributed by atoms with E-state index in [0.717, 1.165) is 24.0 Å². The molecule has 0 spiro atoms. The van der Waals surface area contributed by atoms with Crippen molar-refractivity contribution in [2.24, 2.45) is 0 Å². The molecule has 1 aliphatic rings. The lowest BCUT2D eigenvalue weighted by Gasteiger charge is -2.02. The monoisotopic (exact) mass is 326 g/mol. The molecule has 5 nitrogen and oxygen atoms in total. The third-order valence-electron chi connectivity index (χ3n) is 3.98. The fraction of sp³-hybridized carbons (Fsp3) is 0.235. The summed E-state index contributed by atoms with van der Waals surface area (Å²) in [7, 11) is 0. The maximum Gasteiger partial charge on any atom is 0.346 e. The van der Waals surface area contributed by atoms with Gasteiger partial charge in [0, 0.05) is 29.0 Å². The fourth-order valence-electron chi connectivity index (χ4n) is 2.66. The SMILES string of the molecule is O=c1n(Cc2ccccc2Cl)nc(-c2cccnc2)n1C1CC1. The molecule has 0 aliphatic heterocycles. The van der Waals surface area contributed by atoms with Gasteiger partial charge in [0.15, 0.2) is 5.82 Å². The summed E-state index contributed by atoms with van der Waals surface area (Å²) in [6.45, 7) is 0.367. The lowest BCUT2D eigenvalue weighted by atomic mass is 10.2. The van der Waals surface area contributed by atoms with E-state index in [9.17, 15) is 4.79 Å². The average Bonchev–Trinajstić information content (AvgIpc) is 3.36. The molecule has 0 radical (unpaired) electrons. The molecule has 0 bridgehead atoms. The Labute approximate surface area is 138 Å². The van der Waals surface area contributed by atoms with Crippen molar-refractivity contribution in [1.82, 2.24) is 19.3 Å². The van der Waals surface area contributed by atoms with E-state index >= 15 is 0 Å². The normalized spacial score (nSPS) is 14.1. The van der Waals surface area contributed by atoms with Gasteiger partial charge in [-0.3, -0.25) is 9.55 Å². The third-order valence-corrected chi connectivity index (χ3v) is 4.35. The first-order chi connectivity index (χ1) is 11.2. The van der Waals surface area contributed by atoms with E-state index in [1.54, 1.807) is 17.0 Å². The van der Waals surface area contributed by atoms with E-state index in [1.807, 2.05) is 36.4 Å². The molecule has 116 valence electrons. The fourth-order valence-corrected chi connectivity index (χ4v) is 2.86. The molecule has 1 aliphatic carbocycles. The van der Waals surface area contributed by atoms with Crippen LogP contribution in [0.5, 0.6) is 0 Å². The maximum atomic E-state index is 12.8. The summed E-state index contributed by atoms with van der Waals surface area (Å²) in [5, 5.41) is 5.19. The van der Waals surface area contributed by atoms with Gasteiger partial charge in [0.05, 0.1) is 6.54 Å². The Morgan fingerprint density at radius 1 is 1.17 bits per heavy atom. The lowest BCUT2D eigenvalue weighted by molar-refractivity contribution is 0.626. The Bertz CT molecular complexity index is 896. The largest absolute Gasteiger partial charge is 0.346 e. The first-order valence-corrected chi connectivity index (χ1v) is 7.95. The van der Waals surface area contributed by atoms with Crippen molar-refractivity contribution in [3.63, 3.8) is 0 Å². The van der Waals surface area contributed by atoms with Gasteiger partial charge >= 0.3 is 5.69 Å². The molecule has 2 heterocycles. The number of benzene rings is 1. The van der Waals surface area contributed by atoms with Crippen molar-refractivity contribution in [2.45, 2.75) is 25.4 Å². The zero-order chi connectivity index (χ0) is 15.8. The molecule has 0 unspecified atom stereocenters. The van der Waals surface area contributed by atoms with Crippen LogP contribution in [0.25, 0.3) is 11.4 Å². The summed E-state index contributed by atoms with van der Waals surface area (Å²) in [6.07, 6.45) is 5.49. The van der Waals surface area contributed by atoms with Gasteiger partial charge < -0.3 is 0 Å². The van der Waals surface area contributed by atoms with Crippen LogP contribution in [0.15, 0.2) is 53.6 Å². The van der Waals surface area contributed by atoms with Crippen LogP contribution in [0, 0.1) is 0 Å². The molecule has 6 heteroatoms. The minimum atomic E-state index is -0.0914. The molecule has 4 rings (SSSR count). The molecular formula is C17H15ClN4O. The zero-order valence-corrected chi connectivity index (χ0v) is 13.1. The molecular weight excluding hydrogens is 312 g/mol. The van der Waals surface area contributed by atoms with Crippen LogP contribution < -0.4 is 5.69 Å². The van der Waals surface area contributed by atoms with Gasteiger partial charge in [-0.05, 0) is 36.6 Å². The predicted octanol–water partition coefficient (Wildman–Crippen LogP) is 3.14. The number of rotatable bonds is 4. The van der Waals surface area contributed by atoms with Gasteiger partial charge in [-0.1, -0.05) is 29.8 Å². The highest BCUT2D eigenvalue weighted by Crippen LogP contribution is 2.36. The van der Waals surface area contributed by atoms with Crippen molar-refractivity contribution >= 4 is 11.6 Å². The summed E-state index contributed by atoms with van der Waals surface area (Å²) in [6, 6.07) is 11.5. The van der Waals surface area contributed by atoms with Crippen LogP contribution >= 0.6 is 11.6 Å². The number of hydrogen-bond donors (Lipinski definition) is 0. The Balaban J connectivity index is 1.80. The maximum absolute atomic E-state index is 12.8. The predicted molar refractivity (Wildman–Crippen MR) is 88.5 cm³/mol. The minimum Gasteiger partial charge on any atom is -0.272 e. The molecule has 0 atom stereocenters. The van der Waals surface area contributed by atoms with Gasteiger partial charge in [-0.15, -0.1) is 5.10 Å². The van der Waals surface area contributed by atoms with E-state index in [-0.39, 0.29) is 11.7 Å². The van der Waals surface area contributed by atoms with Crippen molar-refractivity contribution in [1.29, 1.82) is 0 Å². The molecule has 1 aromatic carbocycles. The van der Waals surface area contributed by atoms with Crippen molar-refractivity contribution in [3.8, 4) is 11.4 Å². The Hall–Kier alpha value is -2.40. The standard InChI is InChI=1S/C17H15ClN4O/c18-15-6-2-1-4-13(15)11-21-17(23)22(14-7-8-14)16(20-21)12-5-3-9-19-10-12/h1-6,9-10,14H,7-8,11H2. The summed E-state index contributed by atoms with van der Waals surface area (Å²) >= 11 is 6.21. The summed E-state index contributed by atoms with van der Waals surface area (Å²) in [4.78, 5) is 16.9.